The van der Waals surface area contributed by atoms with E-state index in [2.05, 4.69) is 0 Å². The summed E-state index contributed by atoms with van der Waals surface area (Å²) in [4.78, 5) is 0. The molecule has 0 aliphatic carbocycles. The summed E-state index contributed by atoms with van der Waals surface area (Å²) in [5.41, 5.74) is -7.27. The molecule has 238 valence electrons. The van der Waals surface area contributed by atoms with Gasteiger partial charge in [0.05, 0.1) is 74.2 Å². The average molecular weight is 680 g/mol. The van der Waals surface area contributed by atoms with Crippen LogP contribution in [0.2, 0.25) is 0 Å². The van der Waals surface area contributed by atoms with Crippen LogP contribution in [0.4, 0.5) is 0 Å². The van der Waals surface area contributed by atoms with Crippen LogP contribution in [-0.4, -0.2) is 13.7 Å². The van der Waals surface area contributed by atoms with Gasteiger partial charge in [0, 0.05) is 49.4 Å². The molecule has 3 heterocycles. The fourth-order valence-electron chi connectivity index (χ4n) is 6.37. The summed E-state index contributed by atoms with van der Waals surface area (Å²) in [5, 5.41) is -2.95. The zero-order valence-electron chi connectivity index (χ0n) is 55.4. The lowest BCUT2D eigenvalue weighted by atomic mass is 10.0. The van der Waals surface area contributed by atoms with E-state index in [9.17, 15) is 15.1 Å². The molecule has 11 aromatic rings. The number of rotatable bonds is 4. The third-order valence-corrected chi connectivity index (χ3v) is 8.46. The summed E-state index contributed by atoms with van der Waals surface area (Å²) < 4.78 is 272. The molecule has 3 nitrogen and oxygen atoms in total. The van der Waals surface area contributed by atoms with Crippen LogP contribution >= 0.6 is 0 Å². The van der Waals surface area contributed by atoms with Gasteiger partial charge in [-0.2, -0.15) is 0 Å². The van der Waals surface area contributed by atoms with Crippen LogP contribution in [0.15, 0.2) is 187 Å². The monoisotopic (exact) mass is 679 g/mol. The van der Waals surface area contributed by atoms with Gasteiger partial charge in [-0.1, -0.05) is 109 Å². The van der Waals surface area contributed by atoms with Gasteiger partial charge in [0.2, 0.25) is 0 Å². The molecular weight excluding hydrogens is 619 g/mol. The van der Waals surface area contributed by atoms with Gasteiger partial charge < -0.3 is 13.7 Å². The molecule has 3 heteroatoms. The molecule has 51 heavy (non-hydrogen) atoms. The molecule has 0 amide bonds. The lowest BCUT2D eigenvalue weighted by Gasteiger charge is -2.13. The van der Waals surface area contributed by atoms with Crippen molar-refractivity contribution in [3.63, 3.8) is 0 Å². The minimum atomic E-state index is -1.07. The van der Waals surface area contributed by atoms with E-state index in [0.29, 0.717) is 4.57 Å². The van der Waals surface area contributed by atoms with Crippen molar-refractivity contribution in [3.8, 4) is 28.2 Å². The van der Waals surface area contributed by atoms with Crippen LogP contribution in [0.3, 0.4) is 0 Å². The second-order valence-electron chi connectivity index (χ2n) is 11.1. The van der Waals surface area contributed by atoms with Gasteiger partial charge in [-0.25, -0.2) is 0 Å². The third-order valence-electron chi connectivity index (χ3n) is 8.46. The summed E-state index contributed by atoms with van der Waals surface area (Å²) in [6, 6.07) is -25.8. The predicted molar refractivity (Wildman–Crippen MR) is 215 cm³/mol. The van der Waals surface area contributed by atoms with Gasteiger partial charge in [-0.15, -0.1) is 0 Å². The smallest absolute Gasteiger partial charge is 0.0667 e. The van der Waals surface area contributed by atoms with E-state index in [1.54, 1.807) is 0 Å². The molecule has 0 saturated heterocycles. The van der Waals surface area contributed by atoms with Gasteiger partial charge in [-0.3, -0.25) is 0 Å². The molecule has 0 radical (unpaired) electrons. The maximum atomic E-state index is 9.93. The van der Waals surface area contributed by atoms with Gasteiger partial charge in [-0.05, 0) is 89.7 Å². The Labute approximate surface area is 336 Å². The van der Waals surface area contributed by atoms with Crippen LogP contribution in [0.25, 0.3) is 93.6 Å². The average Bonchev–Trinajstić information content (AvgIpc) is 4.25. The fraction of sp³-hybridized carbons (Fsp3) is 0. The van der Waals surface area contributed by atoms with Crippen molar-refractivity contribution in [1.29, 1.82) is 0 Å². The Balaban J connectivity index is 1.33. The number of nitrogens with zero attached hydrogens (tertiary/aromatic N) is 3. The predicted octanol–water partition coefficient (Wildman–Crippen LogP) is 12.6. The SMILES string of the molecule is [2H]c1c([2H])c([2H])c(-n2c3c([2H])c([2H])c(-c4c([2H])c([2H])c5c(c4[2H])c4c([2H])c([2H])c([2H])c([2H])c4n5-c4c([2H])c([2H])c([2H])c(-n5c6c([2H])c([2H])c([2H])c([2H])c6c6c([2H])c([2H])c([2H])c([2H])c65)c4[2H])cc3c3c([2H])c([2H])c([2H])c([2H])c32)c([2H])c1[2H]. The van der Waals surface area contributed by atoms with Crippen LogP contribution < -0.4 is 0 Å². The fourth-order valence-corrected chi connectivity index (χ4v) is 6.37. The summed E-state index contributed by atoms with van der Waals surface area (Å²) in [6.45, 7) is 0. The molecule has 8 aromatic carbocycles. The lowest BCUT2D eigenvalue weighted by Crippen LogP contribution is -1.98. The Hall–Kier alpha value is -6.84. The maximum absolute atomic E-state index is 9.93. The first-order chi connectivity index (χ1) is 37.8. The Bertz CT molecular complexity index is 4770. The van der Waals surface area contributed by atoms with E-state index in [1.165, 1.54) is 0 Å². The highest BCUT2D eigenvalue weighted by atomic mass is 15.0. The second-order valence-corrected chi connectivity index (χ2v) is 11.1. The number of fused-ring (bicyclic) bond motifs is 9. The Morgan fingerprint density at radius 1 is 0.275 bits per heavy atom. The number of benzene rings is 8. The molecule has 0 aliphatic heterocycles. The first kappa shape index (κ1) is 11.6. The number of hydrogen-bond donors (Lipinski definition) is 0. The van der Waals surface area contributed by atoms with E-state index in [4.69, 9.17) is 26.0 Å². The molecule has 0 spiro atoms. The first-order valence-electron chi connectivity index (χ1n) is 30.1. The van der Waals surface area contributed by atoms with E-state index in [-0.39, 0.29) is 5.39 Å². The third kappa shape index (κ3) is 4.12. The van der Waals surface area contributed by atoms with Crippen LogP contribution in [0.5, 0.6) is 0 Å². The van der Waals surface area contributed by atoms with Gasteiger partial charge in [0.25, 0.3) is 0 Å². The first-order valence-corrected chi connectivity index (χ1v) is 15.1. The number of aromatic nitrogens is 3. The zero-order valence-corrected chi connectivity index (χ0v) is 25.4. The van der Waals surface area contributed by atoms with E-state index >= 15 is 0 Å². The van der Waals surface area contributed by atoms with E-state index < -0.39 is 269 Å². The molecule has 0 saturated carbocycles. The maximum Gasteiger partial charge on any atom is 0.0667 e. The van der Waals surface area contributed by atoms with Crippen molar-refractivity contribution in [2.45, 2.75) is 0 Å². The molecule has 0 N–H and O–H groups in total. The molecule has 0 atom stereocenters. The summed E-state index contributed by atoms with van der Waals surface area (Å²) in [7, 11) is 0. The summed E-state index contributed by atoms with van der Waals surface area (Å²) in [5.74, 6) is 0. The van der Waals surface area contributed by atoms with Gasteiger partial charge in [0.15, 0.2) is 0 Å². The Morgan fingerprint density at radius 3 is 1.24 bits per heavy atom. The Morgan fingerprint density at radius 2 is 0.667 bits per heavy atom. The second kappa shape index (κ2) is 10.8. The molecular formula is C48H31N3. The van der Waals surface area contributed by atoms with Crippen molar-refractivity contribution in [2.75, 3.05) is 0 Å². The van der Waals surface area contributed by atoms with Crippen LogP contribution in [0, 0.1) is 0 Å². The minimum absolute atomic E-state index is 0.335. The number of para-hydroxylation sites is 5. The summed E-state index contributed by atoms with van der Waals surface area (Å²) in [6.07, 6.45) is 0. The van der Waals surface area contributed by atoms with E-state index in [1.807, 2.05) is 0 Å². The molecule has 3 aromatic heterocycles. The number of hydrogen-bond acceptors (Lipinski definition) is 0. The zero-order chi connectivity index (χ0) is 59.6. The highest BCUT2D eigenvalue weighted by molar-refractivity contribution is 6.13. The van der Waals surface area contributed by atoms with Gasteiger partial charge >= 0.3 is 0 Å². The highest BCUT2D eigenvalue weighted by Crippen LogP contribution is 2.39. The van der Waals surface area contributed by atoms with Crippen molar-refractivity contribution in [3.05, 3.63) is 187 Å². The van der Waals surface area contributed by atoms with Crippen molar-refractivity contribution in [1.82, 2.24) is 13.7 Å². The minimum Gasteiger partial charge on any atom is -0.309 e. The van der Waals surface area contributed by atoms with Gasteiger partial charge in [0.1, 0.15) is 0 Å². The normalized spacial score (nSPS) is 20.2. The molecule has 0 aliphatic rings. The van der Waals surface area contributed by atoms with Crippen molar-refractivity contribution >= 4 is 65.4 Å². The highest BCUT2D eigenvalue weighted by Gasteiger charge is 2.17. The van der Waals surface area contributed by atoms with E-state index in [0.717, 1.165) is 15.2 Å². The topological polar surface area (TPSA) is 14.8 Å². The van der Waals surface area contributed by atoms with Crippen LogP contribution in [0.1, 0.15) is 41.1 Å². The lowest BCUT2D eigenvalue weighted by molar-refractivity contribution is 1.13. The Kier molecular flexibility index (Phi) is 2.47. The quantitative estimate of drug-likeness (QED) is 0.176. The van der Waals surface area contributed by atoms with Crippen molar-refractivity contribution in [2.24, 2.45) is 0 Å². The molecule has 0 unspecified atom stereocenters. The molecule has 0 fully saturated rings. The van der Waals surface area contributed by atoms with Crippen molar-refractivity contribution < 1.29 is 41.1 Å². The van der Waals surface area contributed by atoms with Crippen LogP contribution in [-0.2, 0) is 0 Å². The summed E-state index contributed by atoms with van der Waals surface area (Å²) >= 11 is 0. The standard InChI is InChI=1S/C48H31N3/c1-2-13-34(14-3-1)49-45-23-10-6-19-39(45)41-29-32(25-27-47(41)49)33-26-28-48-42(30-33)40-20-7-11-24-46(40)51(48)36-16-12-15-35(31-36)50-43-21-8-4-17-37(43)38-18-5-9-22-44(38)50/h1-31H/i1D,2D,3D,4D,5D,6D,7D,8D,9D,10D,11D,12D,13D,14D,15D,16D,17D,18D,19D,20D,21D,22D,23D,24D,25D,26D,27D,28D,30D,31D. The molecule has 0 bridgehead atoms. The largest absolute Gasteiger partial charge is 0.309 e. The molecule has 11 rings (SSSR count).